The summed E-state index contributed by atoms with van der Waals surface area (Å²) in [6.45, 7) is 0. The van der Waals surface area contributed by atoms with E-state index in [1.165, 1.54) is 7.05 Å². The van der Waals surface area contributed by atoms with Gasteiger partial charge in [0.25, 0.3) is 0 Å². The molecular weight excluding hydrogens is 84.0 g/mol. The van der Waals surface area contributed by atoms with Crippen molar-refractivity contribution in [3.63, 3.8) is 0 Å². The Balaban J connectivity index is 2.75. The lowest BCUT2D eigenvalue weighted by Gasteiger charge is -2.05. The summed E-state index contributed by atoms with van der Waals surface area (Å²) >= 11 is 0. The van der Waals surface area contributed by atoms with Gasteiger partial charge in [0.05, 0.1) is 0 Å². The van der Waals surface area contributed by atoms with Gasteiger partial charge >= 0.3 is 0 Å². The molecule has 0 radical (unpaired) electrons. The maximum Gasteiger partial charge on any atom is 0.0319 e. The Morgan fingerprint density at radius 3 is 2.33 bits per heavy atom. The maximum atomic E-state index is 7.70. The zero-order chi connectivity index (χ0) is 4.99. The van der Waals surface area contributed by atoms with E-state index in [2.05, 4.69) is 10.4 Å². The SMILES string of the molecule is CNN(C)OO. The zero-order valence-electron chi connectivity index (χ0n) is 3.80. The smallest absolute Gasteiger partial charge is 0.0319 e. The number of hydroxylamine groups is 1. The van der Waals surface area contributed by atoms with Gasteiger partial charge in [0, 0.05) is 14.1 Å². The molecule has 6 heavy (non-hydrogen) atoms. The largest absolute Gasteiger partial charge is 0.233 e. The summed E-state index contributed by atoms with van der Waals surface area (Å²) in [5.41, 5.74) is 2.48. The van der Waals surface area contributed by atoms with Crippen LogP contribution in [0.2, 0.25) is 0 Å². The third-order valence-electron chi connectivity index (χ3n) is 0.437. The predicted octanol–water partition coefficient (Wildman–Crippen LogP) is -0.543. The maximum absolute atomic E-state index is 7.70. The summed E-state index contributed by atoms with van der Waals surface area (Å²) in [4.78, 5) is 3.62. The number of hydrazine groups is 1. The summed E-state index contributed by atoms with van der Waals surface area (Å²) in [5, 5.41) is 8.75. The normalized spacial score (nSPS) is 10.0. The Hall–Kier alpha value is -0.160. The molecule has 4 heteroatoms. The van der Waals surface area contributed by atoms with E-state index < -0.39 is 0 Å². The number of rotatable bonds is 2. The third-order valence-corrected chi connectivity index (χ3v) is 0.437. The molecule has 0 rings (SSSR count). The summed E-state index contributed by atoms with van der Waals surface area (Å²) in [6.07, 6.45) is 0. The van der Waals surface area contributed by atoms with Gasteiger partial charge in [0.15, 0.2) is 0 Å². The molecule has 38 valence electrons. The first-order chi connectivity index (χ1) is 2.81. The molecule has 0 amide bonds. The van der Waals surface area contributed by atoms with Crippen LogP contribution in [0.5, 0.6) is 0 Å². The molecule has 0 aromatic rings. The second-order valence-corrected chi connectivity index (χ2v) is 0.803. The number of nitrogens with zero attached hydrogens (tertiary/aromatic N) is 1. The highest BCUT2D eigenvalue weighted by molar-refractivity contribution is 4.00. The van der Waals surface area contributed by atoms with Gasteiger partial charge in [-0.05, 0) is 0 Å². The quantitative estimate of drug-likeness (QED) is 0.354. The van der Waals surface area contributed by atoms with E-state index in [1.807, 2.05) is 0 Å². The molecule has 0 bridgehead atoms. The number of nitrogens with one attached hydrogen (secondary N) is 1. The van der Waals surface area contributed by atoms with Crippen LogP contribution in [0.4, 0.5) is 0 Å². The van der Waals surface area contributed by atoms with E-state index in [9.17, 15) is 0 Å². The van der Waals surface area contributed by atoms with E-state index in [4.69, 9.17) is 5.26 Å². The first-order valence-electron chi connectivity index (χ1n) is 1.54. The van der Waals surface area contributed by atoms with Crippen molar-refractivity contribution in [2.45, 2.75) is 0 Å². The third kappa shape index (κ3) is 2.10. The lowest BCUT2D eigenvalue weighted by molar-refractivity contribution is -0.403. The predicted molar refractivity (Wildman–Crippen MR) is 20.5 cm³/mol. The Kier molecular flexibility index (Phi) is 2.97. The van der Waals surface area contributed by atoms with Crippen LogP contribution in [0.25, 0.3) is 0 Å². The summed E-state index contributed by atoms with van der Waals surface area (Å²) in [7, 11) is 3.15. The van der Waals surface area contributed by atoms with E-state index >= 15 is 0 Å². The molecule has 2 N–H and O–H groups in total. The van der Waals surface area contributed by atoms with E-state index in [0.717, 1.165) is 5.17 Å². The number of hydrogen-bond acceptors (Lipinski definition) is 4. The van der Waals surface area contributed by atoms with Crippen LogP contribution in [0, 0.1) is 0 Å². The van der Waals surface area contributed by atoms with Crippen LogP contribution < -0.4 is 5.43 Å². The molecule has 4 nitrogen and oxygen atoms in total. The van der Waals surface area contributed by atoms with Crippen molar-refractivity contribution in [1.29, 1.82) is 0 Å². The summed E-state index contributed by atoms with van der Waals surface area (Å²) in [6, 6.07) is 0. The topological polar surface area (TPSA) is 44.7 Å². The van der Waals surface area contributed by atoms with Crippen molar-refractivity contribution >= 4 is 0 Å². The van der Waals surface area contributed by atoms with Gasteiger partial charge in [0.2, 0.25) is 0 Å². The summed E-state index contributed by atoms with van der Waals surface area (Å²) in [5.74, 6) is 0. The molecule has 0 saturated heterocycles. The highest BCUT2D eigenvalue weighted by Gasteiger charge is 1.82. The van der Waals surface area contributed by atoms with Crippen molar-refractivity contribution in [2.75, 3.05) is 14.1 Å². The lowest BCUT2D eigenvalue weighted by atomic mass is 11.4. The van der Waals surface area contributed by atoms with Crippen LogP contribution in [0.3, 0.4) is 0 Å². The van der Waals surface area contributed by atoms with Gasteiger partial charge in [-0.15, -0.1) is 4.99 Å². The molecule has 0 heterocycles. The Morgan fingerprint density at radius 1 is 1.83 bits per heavy atom. The number of hydrogen-bond donors (Lipinski definition) is 2. The van der Waals surface area contributed by atoms with Crippen LogP contribution >= 0.6 is 0 Å². The van der Waals surface area contributed by atoms with Crippen molar-refractivity contribution < 1.29 is 10.2 Å². The van der Waals surface area contributed by atoms with Gasteiger partial charge in [-0.25, -0.2) is 10.7 Å². The molecule has 0 atom stereocenters. The highest BCUT2D eigenvalue weighted by atomic mass is 17.2. The molecule has 0 aliphatic rings. The van der Waals surface area contributed by atoms with Gasteiger partial charge in [-0.2, -0.15) is 0 Å². The minimum atomic E-state index is 1.06. The first-order valence-corrected chi connectivity index (χ1v) is 1.54. The lowest BCUT2D eigenvalue weighted by Crippen LogP contribution is -2.29. The minimum Gasteiger partial charge on any atom is -0.233 e. The Morgan fingerprint density at radius 2 is 2.33 bits per heavy atom. The minimum absolute atomic E-state index is 1.06. The second kappa shape index (κ2) is 3.05. The molecule has 0 aromatic heterocycles. The fourth-order valence-electron chi connectivity index (χ4n) is 0.0408. The van der Waals surface area contributed by atoms with E-state index in [0.29, 0.717) is 0 Å². The summed E-state index contributed by atoms with van der Waals surface area (Å²) < 4.78 is 0. The zero-order valence-corrected chi connectivity index (χ0v) is 3.80. The fourth-order valence-corrected chi connectivity index (χ4v) is 0.0408. The molecule has 0 aromatic carbocycles. The average Bonchev–Trinajstić information content (AvgIpc) is 1.65. The van der Waals surface area contributed by atoms with Crippen molar-refractivity contribution in [3.05, 3.63) is 0 Å². The van der Waals surface area contributed by atoms with E-state index in [1.54, 1.807) is 7.05 Å². The van der Waals surface area contributed by atoms with Crippen LogP contribution in [0.1, 0.15) is 0 Å². The molecular formula is C2H8N2O2. The van der Waals surface area contributed by atoms with Crippen molar-refractivity contribution in [1.82, 2.24) is 10.6 Å². The molecule has 0 saturated carbocycles. The van der Waals surface area contributed by atoms with Gasteiger partial charge in [0.1, 0.15) is 0 Å². The first kappa shape index (κ1) is 5.84. The molecule has 0 aliphatic carbocycles. The van der Waals surface area contributed by atoms with Crippen molar-refractivity contribution in [3.8, 4) is 0 Å². The van der Waals surface area contributed by atoms with Gasteiger partial charge in [-0.3, -0.25) is 0 Å². The standard InChI is InChI=1S/C2H8N2O2/c1-3-4(2)6-5/h3,5H,1-2H3. The Bertz CT molecular complexity index is 28.7. The fraction of sp³-hybridized carbons (Fsp3) is 1.00. The molecule has 0 aliphatic heterocycles. The van der Waals surface area contributed by atoms with Gasteiger partial charge in [-0.1, -0.05) is 5.17 Å². The second-order valence-electron chi connectivity index (χ2n) is 0.803. The molecule has 0 spiro atoms. The Labute approximate surface area is 36.2 Å². The van der Waals surface area contributed by atoms with Crippen molar-refractivity contribution in [2.24, 2.45) is 0 Å². The molecule has 0 unspecified atom stereocenters. The van der Waals surface area contributed by atoms with Crippen LogP contribution in [0.15, 0.2) is 0 Å². The van der Waals surface area contributed by atoms with Crippen LogP contribution in [-0.4, -0.2) is 24.5 Å². The highest BCUT2D eigenvalue weighted by Crippen LogP contribution is 1.63. The van der Waals surface area contributed by atoms with E-state index in [-0.39, 0.29) is 0 Å². The monoisotopic (exact) mass is 92.1 g/mol. The molecule has 0 fully saturated rings. The van der Waals surface area contributed by atoms with Gasteiger partial charge < -0.3 is 0 Å². The average molecular weight is 92.1 g/mol. The van der Waals surface area contributed by atoms with Crippen LogP contribution in [-0.2, 0) is 4.99 Å².